The number of nitrogens with one attached hydrogen (secondary N) is 1. The van der Waals surface area contributed by atoms with Crippen molar-refractivity contribution < 1.29 is 4.79 Å². The third kappa shape index (κ3) is 3.96. The van der Waals surface area contributed by atoms with Crippen molar-refractivity contribution >= 4 is 51.7 Å². The predicted octanol–water partition coefficient (Wildman–Crippen LogP) is 3.29. The molecule has 2 aromatic heterocycles. The van der Waals surface area contributed by atoms with Crippen molar-refractivity contribution in [1.29, 1.82) is 0 Å². The van der Waals surface area contributed by atoms with E-state index in [1.807, 2.05) is 6.07 Å². The maximum absolute atomic E-state index is 13.0. The number of hydrogen-bond acceptors (Lipinski definition) is 6. The maximum Gasteiger partial charge on any atom is 0.267 e. The van der Waals surface area contributed by atoms with Crippen LogP contribution < -0.4 is 10.9 Å². The standard InChI is InChI=1S/C19H20N4O2S2/c1-3-5-10-23-18(25)14(27-19(23)26)12-13-16(20-9-4-2)21-15-8-6-7-11-22(15)17(13)24/h4,6-8,11-12,20H,2-3,5,9-10H2,1H3/b14-12+. The molecular weight excluding hydrogens is 380 g/mol. The van der Waals surface area contributed by atoms with Gasteiger partial charge in [-0.05, 0) is 24.6 Å². The minimum absolute atomic E-state index is 0.161. The molecule has 1 fully saturated rings. The Morgan fingerprint density at radius 2 is 2.19 bits per heavy atom. The first kappa shape index (κ1) is 19.3. The molecular formula is C19H20N4O2S2. The lowest BCUT2D eigenvalue weighted by Gasteiger charge is -2.13. The molecule has 8 heteroatoms. The Hall–Kier alpha value is -2.45. The number of nitrogens with zero attached hydrogens (tertiary/aromatic N) is 3. The molecule has 0 aliphatic carbocycles. The van der Waals surface area contributed by atoms with Crippen LogP contribution in [0.25, 0.3) is 11.7 Å². The number of hydrogen-bond donors (Lipinski definition) is 1. The van der Waals surface area contributed by atoms with Crippen LogP contribution >= 0.6 is 24.0 Å². The van der Waals surface area contributed by atoms with Crippen molar-refractivity contribution in [1.82, 2.24) is 14.3 Å². The molecule has 0 spiro atoms. The predicted molar refractivity (Wildman–Crippen MR) is 115 cm³/mol. The molecule has 140 valence electrons. The van der Waals surface area contributed by atoms with Crippen molar-refractivity contribution in [2.75, 3.05) is 18.4 Å². The summed E-state index contributed by atoms with van der Waals surface area (Å²) in [5.41, 5.74) is 0.615. The lowest BCUT2D eigenvalue weighted by Crippen LogP contribution is -2.29. The molecule has 1 N–H and O–H groups in total. The molecule has 0 aromatic carbocycles. The summed E-state index contributed by atoms with van der Waals surface area (Å²) in [6.07, 6.45) is 6.79. The zero-order valence-electron chi connectivity index (χ0n) is 15.0. The van der Waals surface area contributed by atoms with E-state index >= 15 is 0 Å². The fraction of sp³-hybridized carbons (Fsp3) is 0.263. The number of thiocarbonyl (C=S) groups is 1. The summed E-state index contributed by atoms with van der Waals surface area (Å²) in [6.45, 7) is 6.79. The van der Waals surface area contributed by atoms with Crippen LogP contribution in [0.5, 0.6) is 0 Å². The normalized spacial score (nSPS) is 15.7. The fourth-order valence-electron chi connectivity index (χ4n) is 2.68. The van der Waals surface area contributed by atoms with Crippen LogP contribution in [0, 0.1) is 0 Å². The molecule has 0 bridgehead atoms. The number of rotatable bonds is 7. The van der Waals surface area contributed by atoms with Crippen molar-refractivity contribution in [2.24, 2.45) is 0 Å². The second kappa shape index (κ2) is 8.49. The fourth-order valence-corrected chi connectivity index (χ4v) is 3.97. The number of carbonyl (C=O) groups is 1. The molecule has 1 aliphatic heterocycles. The summed E-state index contributed by atoms with van der Waals surface area (Å²) in [6, 6.07) is 5.34. The molecule has 3 rings (SSSR count). The Balaban J connectivity index is 2.07. The van der Waals surface area contributed by atoms with Crippen LogP contribution in [0.3, 0.4) is 0 Å². The number of anilines is 1. The van der Waals surface area contributed by atoms with Gasteiger partial charge in [-0.2, -0.15) is 0 Å². The molecule has 1 amide bonds. The average Bonchev–Trinajstić information content (AvgIpc) is 2.94. The summed E-state index contributed by atoms with van der Waals surface area (Å²) in [4.78, 5) is 32.3. The topological polar surface area (TPSA) is 66.7 Å². The van der Waals surface area contributed by atoms with Gasteiger partial charge in [-0.1, -0.05) is 49.5 Å². The molecule has 2 aromatic rings. The van der Waals surface area contributed by atoms with Gasteiger partial charge in [-0.15, -0.1) is 6.58 Å². The molecule has 3 heterocycles. The van der Waals surface area contributed by atoms with E-state index in [0.717, 1.165) is 12.8 Å². The number of unbranched alkanes of at least 4 members (excludes halogenated alkanes) is 1. The Morgan fingerprint density at radius 3 is 2.93 bits per heavy atom. The van der Waals surface area contributed by atoms with Crippen LogP contribution in [0.15, 0.2) is 46.8 Å². The van der Waals surface area contributed by atoms with Gasteiger partial charge in [0.25, 0.3) is 11.5 Å². The minimum Gasteiger partial charge on any atom is -0.366 e. The summed E-state index contributed by atoms with van der Waals surface area (Å²) in [5.74, 6) is 0.260. The quantitative estimate of drug-likeness (QED) is 0.437. The van der Waals surface area contributed by atoms with Gasteiger partial charge in [0.05, 0.1) is 10.5 Å². The summed E-state index contributed by atoms with van der Waals surface area (Å²) in [5, 5.41) is 3.09. The monoisotopic (exact) mass is 400 g/mol. The molecule has 0 unspecified atom stereocenters. The van der Waals surface area contributed by atoms with E-state index in [0.29, 0.717) is 39.3 Å². The number of aromatic nitrogens is 2. The van der Waals surface area contributed by atoms with Crippen molar-refractivity contribution in [3.05, 3.63) is 57.9 Å². The lowest BCUT2D eigenvalue weighted by atomic mass is 10.2. The third-order valence-electron chi connectivity index (χ3n) is 4.07. The van der Waals surface area contributed by atoms with Crippen LogP contribution in [0.2, 0.25) is 0 Å². The van der Waals surface area contributed by atoms with Crippen LogP contribution in [0.1, 0.15) is 25.3 Å². The molecule has 0 radical (unpaired) electrons. The van der Waals surface area contributed by atoms with Gasteiger partial charge in [0.15, 0.2) is 0 Å². The van der Waals surface area contributed by atoms with Gasteiger partial charge in [0.1, 0.15) is 15.8 Å². The van der Waals surface area contributed by atoms with Crippen LogP contribution in [-0.4, -0.2) is 37.6 Å². The smallest absolute Gasteiger partial charge is 0.267 e. The van der Waals surface area contributed by atoms with Gasteiger partial charge in [0.2, 0.25) is 0 Å². The first-order valence-electron chi connectivity index (χ1n) is 8.68. The Labute approximate surface area is 167 Å². The van der Waals surface area contributed by atoms with Crippen LogP contribution in [-0.2, 0) is 4.79 Å². The molecule has 0 atom stereocenters. The van der Waals surface area contributed by atoms with Crippen molar-refractivity contribution in [3.8, 4) is 0 Å². The maximum atomic E-state index is 13.0. The van der Waals surface area contributed by atoms with Crippen molar-refractivity contribution in [2.45, 2.75) is 19.8 Å². The molecule has 1 aliphatic rings. The van der Waals surface area contributed by atoms with Gasteiger partial charge in [-0.3, -0.25) is 18.9 Å². The van der Waals surface area contributed by atoms with E-state index in [-0.39, 0.29) is 11.5 Å². The molecule has 6 nitrogen and oxygen atoms in total. The number of fused-ring (bicyclic) bond motifs is 1. The number of pyridine rings is 1. The molecule has 0 saturated carbocycles. The minimum atomic E-state index is -0.244. The summed E-state index contributed by atoms with van der Waals surface area (Å²) < 4.78 is 1.98. The van der Waals surface area contributed by atoms with E-state index in [1.165, 1.54) is 16.2 Å². The van der Waals surface area contributed by atoms with Gasteiger partial charge < -0.3 is 5.32 Å². The van der Waals surface area contributed by atoms with E-state index in [1.54, 1.807) is 35.4 Å². The Morgan fingerprint density at radius 1 is 1.37 bits per heavy atom. The number of thioether (sulfide) groups is 1. The van der Waals surface area contributed by atoms with Crippen molar-refractivity contribution in [3.63, 3.8) is 0 Å². The zero-order chi connectivity index (χ0) is 19.4. The van der Waals surface area contributed by atoms with E-state index in [9.17, 15) is 9.59 Å². The highest BCUT2D eigenvalue weighted by molar-refractivity contribution is 8.26. The highest BCUT2D eigenvalue weighted by Crippen LogP contribution is 2.33. The summed E-state index contributed by atoms with van der Waals surface area (Å²) in [7, 11) is 0. The zero-order valence-corrected chi connectivity index (χ0v) is 16.6. The van der Waals surface area contributed by atoms with Gasteiger partial charge >= 0.3 is 0 Å². The molecule has 1 saturated heterocycles. The lowest BCUT2D eigenvalue weighted by molar-refractivity contribution is -0.122. The largest absolute Gasteiger partial charge is 0.366 e. The van der Waals surface area contributed by atoms with Gasteiger partial charge in [-0.25, -0.2) is 4.98 Å². The van der Waals surface area contributed by atoms with E-state index < -0.39 is 0 Å². The highest BCUT2D eigenvalue weighted by Gasteiger charge is 2.32. The highest BCUT2D eigenvalue weighted by atomic mass is 32.2. The molecule has 27 heavy (non-hydrogen) atoms. The second-order valence-corrected chi connectivity index (χ2v) is 7.64. The average molecular weight is 401 g/mol. The Kier molecular flexibility index (Phi) is 6.08. The number of amides is 1. The number of carbonyl (C=O) groups excluding carboxylic acids is 1. The first-order chi connectivity index (χ1) is 13.1. The van der Waals surface area contributed by atoms with E-state index in [4.69, 9.17) is 12.2 Å². The van der Waals surface area contributed by atoms with Crippen LogP contribution in [0.4, 0.5) is 5.82 Å². The summed E-state index contributed by atoms with van der Waals surface area (Å²) >= 11 is 6.56. The SMILES string of the molecule is C=CCNc1nc2ccccn2c(=O)c1/C=C1/SC(=S)N(CCCC)C1=O. The van der Waals surface area contributed by atoms with Gasteiger partial charge in [0, 0.05) is 19.3 Å². The second-order valence-electron chi connectivity index (χ2n) is 5.96. The van der Waals surface area contributed by atoms with E-state index in [2.05, 4.69) is 23.8 Å². The third-order valence-corrected chi connectivity index (χ3v) is 5.44. The first-order valence-corrected chi connectivity index (χ1v) is 9.90. The Bertz CT molecular complexity index is 997.